The van der Waals surface area contributed by atoms with Crippen LogP contribution in [0.3, 0.4) is 0 Å². The summed E-state index contributed by atoms with van der Waals surface area (Å²) in [6.45, 7) is 3.89. The number of aryl methyl sites for hydroxylation is 1. The highest BCUT2D eigenvalue weighted by Gasteiger charge is 2.26. The fourth-order valence-electron chi connectivity index (χ4n) is 3.16. The Morgan fingerprint density at radius 1 is 1.43 bits per heavy atom. The van der Waals surface area contributed by atoms with Gasteiger partial charge in [-0.3, -0.25) is 0 Å². The summed E-state index contributed by atoms with van der Waals surface area (Å²) in [6.07, 6.45) is 1.07. The summed E-state index contributed by atoms with van der Waals surface area (Å²) in [7, 11) is 0. The van der Waals surface area contributed by atoms with E-state index in [1.54, 1.807) is 0 Å². The largest absolute Gasteiger partial charge is 0.327 e. The molecule has 5 heteroatoms. The van der Waals surface area contributed by atoms with Crippen molar-refractivity contribution in [3.8, 4) is 0 Å². The Morgan fingerprint density at radius 2 is 2.33 bits per heavy atom. The first-order chi connectivity index (χ1) is 10.3. The fourth-order valence-corrected chi connectivity index (χ4v) is 4.08. The van der Waals surface area contributed by atoms with E-state index in [9.17, 15) is 4.39 Å². The molecule has 0 saturated heterocycles. The molecule has 3 aromatic rings. The molecule has 0 saturated carbocycles. The average molecular weight is 301 g/mol. The van der Waals surface area contributed by atoms with Gasteiger partial charge in [0, 0.05) is 24.0 Å². The molecule has 0 spiro atoms. The lowest BCUT2D eigenvalue weighted by atomic mass is 10.0. The van der Waals surface area contributed by atoms with Crippen molar-refractivity contribution in [2.24, 2.45) is 0 Å². The van der Waals surface area contributed by atoms with E-state index in [4.69, 9.17) is 4.98 Å². The number of halogens is 1. The van der Waals surface area contributed by atoms with E-state index < -0.39 is 0 Å². The van der Waals surface area contributed by atoms with Gasteiger partial charge in [0.1, 0.15) is 11.6 Å². The summed E-state index contributed by atoms with van der Waals surface area (Å²) in [5.74, 6) is 0.750. The molecular weight excluding hydrogens is 285 g/mol. The third kappa shape index (κ3) is 2.00. The Bertz CT molecular complexity index is 805. The minimum Gasteiger partial charge on any atom is -0.327 e. The molecule has 3 nitrogen and oxygen atoms in total. The second-order valence-electron chi connectivity index (χ2n) is 5.28. The molecule has 0 amide bonds. The van der Waals surface area contributed by atoms with Crippen LogP contribution in [-0.4, -0.2) is 16.1 Å². The van der Waals surface area contributed by atoms with Crippen LogP contribution in [0.2, 0.25) is 0 Å². The Kier molecular flexibility index (Phi) is 3.05. The van der Waals surface area contributed by atoms with Gasteiger partial charge < -0.3 is 9.88 Å². The van der Waals surface area contributed by atoms with Crippen LogP contribution in [0.1, 0.15) is 29.2 Å². The van der Waals surface area contributed by atoms with Crippen molar-refractivity contribution in [1.82, 2.24) is 14.9 Å². The topological polar surface area (TPSA) is 29.9 Å². The van der Waals surface area contributed by atoms with Gasteiger partial charge in [-0.15, -0.1) is 11.3 Å². The van der Waals surface area contributed by atoms with Gasteiger partial charge in [-0.05, 0) is 42.5 Å². The Morgan fingerprint density at radius 3 is 3.19 bits per heavy atom. The van der Waals surface area contributed by atoms with Crippen LogP contribution < -0.4 is 5.32 Å². The number of aromatic nitrogens is 2. The number of thiophene rings is 1. The molecular formula is C16H16FN3S. The number of hydrogen-bond donors (Lipinski definition) is 1. The minimum atomic E-state index is -0.234. The molecule has 1 N–H and O–H groups in total. The van der Waals surface area contributed by atoms with Gasteiger partial charge in [-0.2, -0.15) is 0 Å². The zero-order valence-electron chi connectivity index (χ0n) is 11.8. The first kappa shape index (κ1) is 13.0. The summed E-state index contributed by atoms with van der Waals surface area (Å²) >= 11 is 1.81. The van der Waals surface area contributed by atoms with E-state index in [0.29, 0.717) is 0 Å². The monoisotopic (exact) mass is 301 g/mol. The molecule has 2 aromatic heterocycles. The summed E-state index contributed by atoms with van der Waals surface area (Å²) in [5, 5.41) is 5.70. The van der Waals surface area contributed by atoms with E-state index in [1.165, 1.54) is 22.6 Å². The molecule has 1 unspecified atom stereocenters. The van der Waals surface area contributed by atoms with Crippen molar-refractivity contribution in [2.75, 3.05) is 6.54 Å². The lowest BCUT2D eigenvalue weighted by Crippen LogP contribution is -2.31. The van der Waals surface area contributed by atoms with E-state index in [1.807, 2.05) is 17.4 Å². The third-order valence-corrected chi connectivity index (χ3v) is 5.10. The van der Waals surface area contributed by atoms with E-state index in [2.05, 4.69) is 28.3 Å². The molecule has 0 radical (unpaired) electrons. The number of hydrogen-bond acceptors (Lipinski definition) is 3. The van der Waals surface area contributed by atoms with Gasteiger partial charge in [0.2, 0.25) is 0 Å². The molecule has 1 aromatic carbocycles. The molecule has 0 bridgehead atoms. The Balaban J connectivity index is 1.91. The SMILES string of the molecule is CCn1c(C2NCCc3sccc32)nc2cc(F)ccc21. The van der Waals surface area contributed by atoms with Gasteiger partial charge in [-0.25, -0.2) is 9.37 Å². The lowest BCUT2D eigenvalue weighted by Gasteiger charge is -2.24. The molecule has 1 aliphatic heterocycles. The number of rotatable bonds is 2. The highest BCUT2D eigenvalue weighted by atomic mass is 32.1. The van der Waals surface area contributed by atoms with Crippen molar-refractivity contribution in [2.45, 2.75) is 25.9 Å². The quantitative estimate of drug-likeness (QED) is 0.785. The summed E-state index contributed by atoms with van der Waals surface area (Å²) in [6, 6.07) is 7.13. The van der Waals surface area contributed by atoms with Crippen LogP contribution >= 0.6 is 11.3 Å². The van der Waals surface area contributed by atoms with Gasteiger partial charge in [0.25, 0.3) is 0 Å². The van der Waals surface area contributed by atoms with Crippen LogP contribution in [0, 0.1) is 5.82 Å². The summed E-state index contributed by atoms with van der Waals surface area (Å²) < 4.78 is 15.6. The molecule has 0 aliphatic carbocycles. The maximum Gasteiger partial charge on any atom is 0.131 e. The second kappa shape index (κ2) is 4.93. The zero-order valence-corrected chi connectivity index (χ0v) is 12.6. The van der Waals surface area contributed by atoms with Crippen molar-refractivity contribution in [3.05, 3.63) is 51.7 Å². The summed E-state index contributed by atoms with van der Waals surface area (Å²) in [4.78, 5) is 6.14. The van der Waals surface area contributed by atoms with Crippen LogP contribution in [0.15, 0.2) is 29.6 Å². The molecule has 4 rings (SSSR count). The lowest BCUT2D eigenvalue weighted by molar-refractivity contribution is 0.527. The molecule has 0 fully saturated rings. The summed E-state index contributed by atoms with van der Waals surface area (Å²) in [5.41, 5.74) is 3.05. The predicted molar refractivity (Wildman–Crippen MR) is 83.2 cm³/mol. The molecule has 1 aliphatic rings. The van der Waals surface area contributed by atoms with Crippen LogP contribution in [0.4, 0.5) is 4.39 Å². The molecule has 3 heterocycles. The minimum absolute atomic E-state index is 0.107. The highest BCUT2D eigenvalue weighted by Crippen LogP contribution is 2.33. The Hall–Kier alpha value is -1.72. The van der Waals surface area contributed by atoms with Gasteiger partial charge >= 0.3 is 0 Å². The number of nitrogens with zero attached hydrogens (tertiary/aromatic N) is 2. The standard InChI is InChI=1S/C16H16FN3S/c1-2-20-13-4-3-10(17)9-12(13)19-16(20)15-11-6-8-21-14(11)5-7-18-15/h3-4,6,8-9,15,18H,2,5,7H2,1H3. The van der Waals surface area contributed by atoms with Gasteiger partial charge in [0.05, 0.1) is 17.1 Å². The van der Waals surface area contributed by atoms with E-state index in [-0.39, 0.29) is 11.9 Å². The molecule has 108 valence electrons. The molecule has 21 heavy (non-hydrogen) atoms. The smallest absolute Gasteiger partial charge is 0.131 e. The normalized spacial score (nSPS) is 18.1. The van der Waals surface area contributed by atoms with Crippen molar-refractivity contribution in [1.29, 1.82) is 0 Å². The maximum absolute atomic E-state index is 13.4. The van der Waals surface area contributed by atoms with Crippen molar-refractivity contribution in [3.63, 3.8) is 0 Å². The highest BCUT2D eigenvalue weighted by molar-refractivity contribution is 7.10. The van der Waals surface area contributed by atoms with Crippen LogP contribution in [0.5, 0.6) is 0 Å². The van der Waals surface area contributed by atoms with Crippen LogP contribution in [-0.2, 0) is 13.0 Å². The molecule has 1 atom stereocenters. The van der Waals surface area contributed by atoms with Crippen molar-refractivity contribution >= 4 is 22.4 Å². The second-order valence-corrected chi connectivity index (χ2v) is 6.28. The number of benzene rings is 1. The van der Waals surface area contributed by atoms with E-state index in [0.717, 1.165) is 36.4 Å². The van der Waals surface area contributed by atoms with Gasteiger partial charge in [0.15, 0.2) is 0 Å². The number of nitrogens with one attached hydrogen (secondary N) is 1. The van der Waals surface area contributed by atoms with Gasteiger partial charge in [-0.1, -0.05) is 0 Å². The average Bonchev–Trinajstić information content (AvgIpc) is 3.09. The van der Waals surface area contributed by atoms with E-state index >= 15 is 0 Å². The number of fused-ring (bicyclic) bond motifs is 2. The fraction of sp³-hybridized carbons (Fsp3) is 0.312. The van der Waals surface area contributed by atoms with Crippen molar-refractivity contribution < 1.29 is 4.39 Å². The maximum atomic E-state index is 13.4. The van der Waals surface area contributed by atoms with Crippen LogP contribution in [0.25, 0.3) is 11.0 Å². The number of imidazole rings is 1. The first-order valence-corrected chi connectivity index (χ1v) is 8.11. The predicted octanol–water partition coefficient (Wildman–Crippen LogP) is 3.49. The Labute approximate surface area is 126 Å². The zero-order chi connectivity index (χ0) is 14.4. The third-order valence-electron chi connectivity index (χ3n) is 4.11. The first-order valence-electron chi connectivity index (χ1n) is 7.23.